The molecule has 0 aliphatic carbocycles. The largest absolute Gasteiger partial charge is 0.207 e. The lowest BCUT2D eigenvalue weighted by Gasteiger charge is -2.18. The van der Waals surface area contributed by atoms with Gasteiger partial charge in [0.1, 0.15) is 5.82 Å². The van der Waals surface area contributed by atoms with Crippen molar-refractivity contribution < 1.29 is 4.39 Å². The van der Waals surface area contributed by atoms with Gasteiger partial charge in [-0.05, 0) is 24.6 Å². The molecule has 0 unspecified atom stereocenters. The molecule has 0 heterocycles. The standard InChI is InChI=1S/C10H11FS/c1-3-10(2,12)8-5-4-6-9(11)7-8/h3-7,12H,1H2,2H3/t10-/m0/s1. The van der Waals surface area contributed by atoms with Crippen LogP contribution in [0.4, 0.5) is 4.39 Å². The lowest BCUT2D eigenvalue weighted by molar-refractivity contribution is 0.623. The Balaban J connectivity index is 3.11. The molecule has 0 amide bonds. The second kappa shape index (κ2) is 3.31. The normalized spacial score (nSPS) is 15.2. The van der Waals surface area contributed by atoms with Crippen LogP contribution in [0.5, 0.6) is 0 Å². The molecular formula is C10H11FS. The minimum Gasteiger partial charge on any atom is -0.207 e. The fraction of sp³-hybridized carbons (Fsp3) is 0.200. The first kappa shape index (κ1) is 9.33. The monoisotopic (exact) mass is 182 g/mol. The van der Waals surface area contributed by atoms with Crippen LogP contribution in [0.1, 0.15) is 12.5 Å². The highest BCUT2D eigenvalue weighted by molar-refractivity contribution is 7.81. The van der Waals surface area contributed by atoms with Crippen molar-refractivity contribution >= 4 is 12.6 Å². The predicted molar refractivity (Wildman–Crippen MR) is 52.9 cm³/mol. The molecule has 12 heavy (non-hydrogen) atoms. The van der Waals surface area contributed by atoms with Crippen LogP contribution in [-0.4, -0.2) is 0 Å². The van der Waals surface area contributed by atoms with Crippen LogP contribution in [0, 0.1) is 5.82 Å². The molecule has 0 radical (unpaired) electrons. The van der Waals surface area contributed by atoms with Crippen LogP contribution in [0.25, 0.3) is 0 Å². The Morgan fingerprint density at radius 2 is 2.25 bits per heavy atom. The van der Waals surface area contributed by atoms with Crippen molar-refractivity contribution in [1.82, 2.24) is 0 Å². The van der Waals surface area contributed by atoms with Gasteiger partial charge in [0, 0.05) is 0 Å². The van der Waals surface area contributed by atoms with Crippen molar-refractivity contribution in [2.24, 2.45) is 0 Å². The van der Waals surface area contributed by atoms with Gasteiger partial charge in [0.15, 0.2) is 0 Å². The molecule has 0 aliphatic heterocycles. The van der Waals surface area contributed by atoms with Gasteiger partial charge < -0.3 is 0 Å². The van der Waals surface area contributed by atoms with Crippen molar-refractivity contribution in [3.63, 3.8) is 0 Å². The Morgan fingerprint density at radius 1 is 1.58 bits per heavy atom. The third kappa shape index (κ3) is 1.89. The van der Waals surface area contributed by atoms with Gasteiger partial charge in [-0.3, -0.25) is 0 Å². The van der Waals surface area contributed by atoms with E-state index >= 15 is 0 Å². The van der Waals surface area contributed by atoms with E-state index in [9.17, 15) is 4.39 Å². The lowest BCUT2D eigenvalue weighted by Crippen LogP contribution is -2.09. The van der Waals surface area contributed by atoms with Crippen molar-refractivity contribution in [1.29, 1.82) is 0 Å². The van der Waals surface area contributed by atoms with Crippen LogP contribution in [0.3, 0.4) is 0 Å². The summed E-state index contributed by atoms with van der Waals surface area (Å²) in [5.74, 6) is -0.241. The molecule has 0 aromatic heterocycles. The third-order valence-corrected chi connectivity index (χ3v) is 2.25. The molecule has 1 rings (SSSR count). The molecule has 0 aliphatic rings. The molecule has 1 aromatic carbocycles. The van der Waals surface area contributed by atoms with E-state index in [1.54, 1.807) is 12.1 Å². The maximum atomic E-state index is 12.8. The highest BCUT2D eigenvalue weighted by atomic mass is 32.1. The zero-order valence-electron chi connectivity index (χ0n) is 6.92. The Labute approximate surface area is 77.5 Å². The summed E-state index contributed by atoms with van der Waals surface area (Å²) in [4.78, 5) is 0. The van der Waals surface area contributed by atoms with Crippen molar-refractivity contribution in [2.75, 3.05) is 0 Å². The molecule has 1 aromatic rings. The number of hydrogen-bond acceptors (Lipinski definition) is 1. The van der Waals surface area contributed by atoms with Crippen molar-refractivity contribution in [3.8, 4) is 0 Å². The maximum absolute atomic E-state index is 12.8. The summed E-state index contributed by atoms with van der Waals surface area (Å²) in [5.41, 5.74) is 0.820. The minimum atomic E-state index is -0.456. The SMILES string of the molecule is C=C[C@](C)(S)c1cccc(F)c1. The first-order valence-corrected chi connectivity index (χ1v) is 4.13. The highest BCUT2D eigenvalue weighted by Gasteiger charge is 2.16. The van der Waals surface area contributed by atoms with Crippen LogP contribution in [-0.2, 0) is 4.75 Å². The molecule has 0 saturated heterocycles. The van der Waals surface area contributed by atoms with E-state index in [-0.39, 0.29) is 5.82 Å². The smallest absolute Gasteiger partial charge is 0.123 e. The summed E-state index contributed by atoms with van der Waals surface area (Å²) in [6, 6.07) is 6.38. The Bertz CT molecular complexity index is 292. The summed E-state index contributed by atoms with van der Waals surface area (Å²) >= 11 is 4.34. The Morgan fingerprint density at radius 3 is 2.75 bits per heavy atom. The predicted octanol–water partition coefficient (Wildman–Crippen LogP) is 3.16. The number of halogens is 1. The molecule has 2 heteroatoms. The minimum absolute atomic E-state index is 0.241. The lowest BCUT2D eigenvalue weighted by atomic mass is 10.0. The summed E-state index contributed by atoms with van der Waals surface area (Å²) < 4.78 is 12.3. The zero-order chi connectivity index (χ0) is 9.19. The highest BCUT2D eigenvalue weighted by Crippen LogP contribution is 2.28. The molecule has 0 nitrogen and oxygen atoms in total. The van der Waals surface area contributed by atoms with Gasteiger partial charge in [0.05, 0.1) is 4.75 Å². The van der Waals surface area contributed by atoms with E-state index in [2.05, 4.69) is 19.2 Å². The molecular weight excluding hydrogens is 171 g/mol. The van der Waals surface area contributed by atoms with Crippen LogP contribution >= 0.6 is 12.6 Å². The number of benzene rings is 1. The van der Waals surface area contributed by atoms with E-state index in [1.807, 2.05) is 13.0 Å². The van der Waals surface area contributed by atoms with E-state index in [0.29, 0.717) is 0 Å². The number of hydrogen-bond donors (Lipinski definition) is 1. The molecule has 0 fully saturated rings. The van der Waals surface area contributed by atoms with Crippen LogP contribution < -0.4 is 0 Å². The van der Waals surface area contributed by atoms with Gasteiger partial charge >= 0.3 is 0 Å². The van der Waals surface area contributed by atoms with Gasteiger partial charge in [-0.25, -0.2) is 4.39 Å². The summed E-state index contributed by atoms with van der Waals surface area (Å²) in [6.45, 7) is 5.51. The molecule has 1 atom stereocenters. The second-order valence-corrected chi connectivity index (χ2v) is 3.79. The number of thiol groups is 1. The first-order valence-electron chi connectivity index (χ1n) is 3.68. The fourth-order valence-electron chi connectivity index (χ4n) is 0.921. The average Bonchev–Trinajstić information content (AvgIpc) is 2.05. The van der Waals surface area contributed by atoms with Gasteiger partial charge in [0.2, 0.25) is 0 Å². The molecule has 0 N–H and O–H groups in total. The van der Waals surface area contributed by atoms with Crippen molar-refractivity contribution in [2.45, 2.75) is 11.7 Å². The maximum Gasteiger partial charge on any atom is 0.123 e. The zero-order valence-corrected chi connectivity index (χ0v) is 7.81. The third-order valence-electron chi connectivity index (χ3n) is 1.81. The first-order chi connectivity index (χ1) is 5.56. The molecule has 0 saturated carbocycles. The van der Waals surface area contributed by atoms with E-state index < -0.39 is 4.75 Å². The van der Waals surface area contributed by atoms with Crippen LogP contribution in [0.15, 0.2) is 36.9 Å². The van der Waals surface area contributed by atoms with Gasteiger partial charge in [0.25, 0.3) is 0 Å². The second-order valence-electron chi connectivity index (χ2n) is 2.86. The topological polar surface area (TPSA) is 0 Å². The van der Waals surface area contributed by atoms with Crippen LogP contribution in [0.2, 0.25) is 0 Å². The summed E-state index contributed by atoms with van der Waals surface area (Å²) in [5, 5.41) is 0. The molecule has 64 valence electrons. The molecule has 0 spiro atoms. The number of rotatable bonds is 2. The molecule has 0 bridgehead atoms. The van der Waals surface area contributed by atoms with E-state index in [4.69, 9.17) is 0 Å². The Hall–Kier alpha value is -0.760. The van der Waals surface area contributed by atoms with E-state index in [1.165, 1.54) is 12.1 Å². The van der Waals surface area contributed by atoms with Gasteiger partial charge in [-0.2, -0.15) is 12.6 Å². The summed E-state index contributed by atoms with van der Waals surface area (Å²) in [7, 11) is 0. The summed E-state index contributed by atoms with van der Waals surface area (Å²) in [6.07, 6.45) is 1.69. The average molecular weight is 182 g/mol. The fourth-order valence-corrected chi connectivity index (χ4v) is 1.06. The quantitative estimate of drug-likeness (QED) is 0.527. The van der Waals surface area contributed by atoms with Gasteiger partial charge in [-0.15, -0.1) is 6.58 Å². The van der Waals surface area contributed by atoms with Gasteiger partial charge in [-0.1, -0.05) is 18.2 Å². The van der Waals surface area contributed by atoms with E-state index in [0.717, 1.165) is 5.56 Å². The Kier molecular flexibility index (Phi) is 2.58. The van der Waals surface area contributed by atoms with Crippen molar-refractivity contribution in [3.05, 3.63) is 48.3 Å².